The number of benzene rings is 1. The molecule has 0 aromatic heterocycles. The standard InChI is InChI=1S/C13H15FN2O2/c1-9(10-5-3-4-6-11(10)14)7-12(17)16-8-13(18)15-2/h3-7H,8H2,1-2H3,(H,15,18)(H,16,17)/b9-7+. The zero-order valence-electron chi connectivity index (χ0n) is 10.3. The molecule has 0 fully saturated rings. The molecular weight excluding hydrogens is 235 g/mol. The van der Waals surface area contributed by atoms with Crippen LogP contribution in [-0.2, 0) is 9.59 Å². The molecule has 1 rings (SSSR count). The average molecular weight is 250 g/mol. The number of rotatable bonds is 4. The Morgan fingerprint density at radius 1 is 1.33 bits per heavy atom. The fourth-order valence-electron chi connectivity index (χ4n) is 1.36. The summed E-state index contributed by atoms with van der Waals surface area (Å²) in [7, 11) is 1.48. The van der Waals surface area contributed by atoms with Crippen molar-refractivity contribution in [3.63, 3.8) is 0 Å². The monoisotopic (exact) mass is 250 g/mol. The van der Waals surface area contributed by atoms with Gasteiger partial charge in [0.2, 0.25) is 11.8 Å². The number of hydrogen-bond donors (Lipinski definition) is 2. The second-order valence-electron chi connectivity index (χ2n) is 3.70. The fourth-order valence-corrected chi connectivity index (χ4v) is 1.36. The van der Waals surface area contributed by atoms with Crippen LogP contribution in [0.3, 0.4) is 0 Å². The molecule has 0 atom stereocenters. The summed E-state index contributed by atoms with van der Waals surface area (Å²) in [4.78, 5) is 22.4. The predicted molar refractivity (Wildman–Crippen MR) is 67.1 cm³/mol. The Morgan fingerprint density at radius 2 is 2.00 bits per heavy atom. The molecule has 1 aromatic rings. The molecule has 0 aliphatic rings. The maximum Gasteiger partial charge on any atom is 0.244 e. The van der Waals surface area contributed by atoms with Crippen molar-refractivity contribution in [2.24, 2.45) is 0 Å². The maximum absolute atomic E-state index is 13.4. The molecule has 0 saturated heterocycles. The van der Waals surface area contributed by atoms with Crippen LogP contribution in [-0.4, -0.2) is 25.4 Å². The van der Waals surface area contributed by atoms with Gasteiger partial charge in [0.15, 0.2) is 0 Å². The lowest BCUT2D eigenvalue weighted by molar-refractivity contribution is -0.123. The van der Waals surface area contributed by atoms with Crippen LogP contribution in [0, 0.1) is 5.82 Å². The number of hydrogen-bond acceptors (Lipinski definition) is 2. The summed E-state index contributed by atoms with van der Waals surface area (Å²) in [5, 5.41) is 4.78. The largest absolute Gasteiger partial charge is 0.358 e. The highest BCUT2D eigenvalue weighted by atomic mass is 19.1. The minimum Gasteiger partial charge on any atom is -0.358 e. The Hall–Kier alpha value is -2.17. The summed E-state index contributed by atoms with van der Waals surface area (Å²) < 4.78 is 13.4. The molecule has 0 heterocycles. The second kappa shape index (κ2) is 6.54. The normalized spacial score (nSPS) is 10.9. The average Bonchev–Trinajstić information content (AvgIpc) is 2.36. The lowest BCUT2D eigenvalue weighted by atomic mass is 10.1. The Balaban J connectivity index is 2.69. The van der Waals surface area contributed by atoms with Crippen molar-refractivity contribution in [1.29, 1.82) is 0 Å². The van der Waals surface area contributed by atoms with E-state index in [2.05, 4.69) is 10.6 Å². The molecule has 2 N–H and O–H groups in total. The molecule has 18 heavy (non-hydrogen) atoms. The van der Waals surface area contributed by atoms with E-state index >= 15 is 0 Å². The van der Waals surface area contributed by atoms with Crippen LogP contribution in [0.4, 0.5) is 4.39 Å². The number of carbonyl (C=O) groups excluding carboxylic acids is 2. The summed E-state index contributed by atoms with van der Waals surface area (Å²) in [6, 6.07) is 6.19. The van der Waals surface area contributed by atoms with Gasteiger partial charge < -0.3 is 10.6 Å². The smallest absolute Gasteiger partial charge is 0.244 e. The third kappa shape index (κ3) is 4.01. The Kier molecular flexibility index (Phi) is 5.05. The van der Waals surface area contributed by atoms with Crippen LogP contribution in [0.15, 0.2) is 30.3 Å². The molecule has 0 saturated carbocycles. The number of allylic oxidation sites excluding steroid dienone is 1. The highest BCUT2D eigenvalue weighted by Gasteiger charge is 2.06. The van der Waals surface area contributed by atoms with Crippen molar-refractivity contribution in [3.8, 4) is 0 Å². The van der Waals surface area contributed by atoms with Gasteiger partial charge in [0, 0.05) is 18.7 Å². The first-order valence-electron chi connectivity index (χ1n) is 5.46. The molecule has 1 aromatic carbocycles. The highest BCUT2D eigenvalue weighted by molar-refractivity contribution is 5.96. The summed E-state index contributed by atoms with van der Waals surface area (Å²) in [6.07, 6.45) is 1.27. The van der Waals surface area contributed by atoms with Crippen molar-refractivity contribution in [2.75, 3.05) is 13.6 Å². The minimum absolute atomic E-state index is 0.101. The number of likely N-dealkylation sites (N-methyl/N-ethyl adjacent to an activating group) is 1. The van der Waals surface area contributed by atoms with Crippen LogP contribution in [0.1, 0.15) is 12.5 Å². The number of carbonyl (C=O) groups is 2. The van der Waals surface area contributed by atoms with Crippen molar-refractivity contribution < 1.29 is 14.0 Å². The quantitative estimate of drug-likeness (QED) is 0.786. The molecular formula is C13H15FN2O2. The van der Waals surface area contributed by atoms with Gasteiger partial charge in [0.1, 0.15) is 5.82 Å². The summed E-state index contributed by atoms with van der Waals surface area (Å²) in [5.41, 5.74) is 0.870. The first-order valence-corrected chi connectivity index (χ1v) is 5.46. The van der Waals surface area contributed by atoms with Crippen LogP contribution < -0.4 is 10.6 Å². The topological polar surface area (TPSA) is 58.2 Å². The molecule has 0 unspecified atom stereocenters. The van der Waals surface area contributed by atoms with Gasteiger partial charge >= 0.3 is 0 Å². The van der Waals surface area contributed by atoms with E-state index in [9.17, 15) is 14.0 Å². The minimum atomic E-state index is -0.431. The van der Waals surface area contributed by atoms with Crippen molar-refractivity contribution in [1.82, 2.24) is 10.6 Å². The number of nitrogens with one attached hydrogen (secondary N) is 2. The molecule has 2 amide bonds. The van der Waals surface area contributed by atoms with Gasteiger partial charge in [-0.05, 0) is 18.6 Å². The first-order chi connectivity index (χ1) is 8.54. The lowest BCUT2D eigenvalue weighted by Gasteiger charge is -2.04. The van der Waals surface area contributed by atoms with E-state index in [0.29, 0.717) is 11.1 Å². The van der Waals surface area contributed by atoms with Crippen molar-refractivity contribution >= 4 is 17.4 Å². The first kappa shape index (κ1) is 13.9. The van der Waals surface area contributed by atoms with Crippen LogP contribution in [0.5, 0.6) is 0 Å². The van der Waals surface area contributed by atoms with Gasteiger partial charge in [-0.25, -0.2) is 4.39 Å². The van der Waals surface area contributed by atoms with Gasteiger partial charge in [0.05, 0.1) is 6.54 Å². The predicted octanol–water partition coefficient (Wildman–Crippen LogP) is 1.09. The second-order valence-corrected chi connectivity index (χ2v) is 3.70. The highest BCUT2D eigenvalue weighted by Crippen LogP contribution is 2.16. The van der Waals surface area contributed by atoms with Crippen LogP contribution >= 0.6 is 0 Å². The molecule has 0 radical (unpaired) electrons. The van der Waals surface area contributed by atoms with E-state index in [1.807, 2.05) is 0 Å². The van der Waals surface area contributed by atoms with Crippen molar-refractivity contribution in [3.05, 3.63) is 41.7 Å². The summed E-state index contributed by atoms with van der Waals surface area (Å²) in [6.45, 7) is 1.54. The summed E-state index contributed by atoms with van der Waals surface area (Å²) >= 11 is 0. The molecule has 0 aliphatic carbocycles. The van der Waals surface area contributed by atoms with Gasteiger partial charge in [-0.1, -0.05) is 18.2 Å². The number of amides is 2. The van der Waals surface area contributed by atoms with E-state index in [-0.39, 0.29) is 18.3 Å². The third-order valence-electron chi connectivity index (χ3n) is 2.35. The Morgan fingerprint density at radius 3 is 2.61 bits per heavy atom. The van der Waals surface area contributed by atoms with Gasteiger partial charge in [0.25, 0.3) is 0 Å². The third-order valence-corrected chi connectivity index (χ3v) is 2.35. The zero-order valence-corrected chi connectivity index (χ0v) is 10.3. The van der Waals surface area contributed by atoms with E-state index in [4.69, 9.17) is 0 Å². The molecule has 5 heteroatoms. The van der Waals surface area contributed by atoms with Crippen molar-refractivity contribution in [2.45, 2.75) is 6.92 Å². The van der Waals surface area contributed by atoms with E-state index < -0.39 is 5.91 Å². The van der Waals surface area contributed by atoms with Gasteiger partial charge in [-0.3, -0.25) is 9.59 Å². The number of halogens is 1. The Labute approximate surface area is 105 Å². The molecule has 4 nitrogen and oxygen atoms in total. The Bertz CT molecular complexity index is 484. The fraction of sp³-hybridized carbons (Fsp3) is 0.231. The zero-order chi connectivity index (χ0) is 13.5. The van der Waals surface area contributed by atoms with Gasteiger partial charge in [-0.15, -0.1) is 0 Å². The lowest BCUT2D eigenvalue weighted by Crippen LogP contribution is -2.34. The summed E-state index contributed by atoms with van der Waals surface area (Å²) in [5.74, 6) is -1.11. The SMILES string of the molecule is CNC(=O)CNC(=O)/C=C(\C)c1ccccc1F. The van der Waals surface area contributed by atoms with Crippen LogP contribution in [0.2, 0.25) is 0 Å². The molecule has 96 valence electrons. The van der Waals surface area contributed by atoms with E-state index in [0.717, 1.165) is 0 Å². The molecule has 0 aliphatic heterocycles. The molecule has 0 bridgehead atoms. The maximum atomic E-state index is 13.4. The van der Waals surface area contributed by atoms with Gasteiger partial charge in [-0.2, -0.15) is 0 Å². The van der Waals surface area contributed by atoms with E-state index in [1.165, 1.54) is 19.2 Å². The molecule has 0 spiro atoms. The van der Waals surface area contributed by atoms with E-state index in [1.54, 1.807) is 25.1 Å². The van der Waals surface area contributed by atoms with Crippen LogP contribution in [0.25, 0.3) is 5.57 Å².